The summed E-state index contributed by atoms with van der Waals surface area (Å²) in [6, 6.07) is 5.59. The van der Waals surface area contributed by atoms with E-state index in [1.54, 1.807) is 0 Å². The van der Waals surface area contributed by atoms with Gasteiger partial charge in [0.25, 0.3) is 12.3 Å². The van der Waals surface area contributed by atoms with Crippen molar-refractivity contribution in [2.45, 2.75) is 31.4 Å². The Hall–Kier alpha value is -3.79. The topological polar surface area (TPSA) is 136 Å². The van der Waals surface area contributed by atoms with Crippen LogP contribution in [0.15, 0.2) is 35.6 Å². The first-order valence-electron chi connectivity index (χ1n) is 10.4. The Morgan fingerprint density at radius 3 is 2.80 bits per heavy atom. The van der Waals surface area contributed by atoms with E-state index in [1.165, 1.54) is 19.1 Å². The number of carbonyl (C=O) groups is 1. The van der Waals surface area contributed by atoms with Crippen LogP contribution in [0, 0.1) is 28.5 Å². The highest BCUT2D eigenvalue weighted by molar-refractivity contribution is 6.02. The Balaban J connectivity index is 1.70. The molecule has 1 amide bonds. The van der Waals surface area contributed by atoms with Gasteiger partial charge in [-0.05, 0) is 31.5 Å². The first-order valence-corrected chi connectivity index (χ1v) is 10.4. The molecule has 1 aromatic heterocycles. The van der Waals surface area contributed by atoms with E-state index in [0.29, 0.717) is 0 Å². The maximum atomic E-state index is 15.1. The third kappa shape index (κ3) is 4.25. The molecule has 1 fully saturated rings. The quantitative estimate of drug-likeness (QED) is 0.592. The molecule has 13 heteroatoms. The molecule has 9 nitrogen and oxygen atoms in total. The van der Waals surface area contributed by atoms with Gasteiger partial charge in [0.1, 0.15) is 34.4 Å². The number of alkyl halides is 3. The number of fused-ring (bicyclic) bond motifs is 1. The van der Waals surface area contributed by atoms with Crippen LogP contribution in [-0.2, 0) is 10.3 Å². The summed E-state index contributed by atoms with van der Waals surface area (Å²) in [5.74, 6) is -2.77. The van der Waals surface area contributed by atoms with Crippen molar-refractivity contribution in [2.75, 3.05) is 18.8 Å². The summed E-state index contributed by atoms with van der Waals surface area (Å²) in [7, 11) is 0. The molecule has 2 aromatic rings. The van der Waals surface area contributed by atoms with Crippen LogP contribution in [0.4, 0.5) is 23.2 Å². The fourth-order valence-corrected chi connectivity index (χ4v) is 4.38. The van der Waals surface area contributed by atoms with E-state index in [2.05, 4.69) is 25.0 Å². The zero-order chi connectivity index (χ0) is 25.4. The molecule has 0 radical (unpaired) electrons. The molecule has 184 valence electrons. The molecule has 3 heterocycles. The molecule has 2 aliphatic heterocycles. The lowest BCUT2D eigenvalue weighted by Crippen LogP contribution is -2.50. The summed E-state index contributed by atoms with van der Waals surface area (Å²) in [4.78, 5) is 24.5. The molecule has 0 saturated carbocycles. The number of ether oxygens (including phenoxy) is 2. The summed E-state index contributed by atoms with van der Waals surface area (Å²) in [5, 5.41) is 12.1. The number of hydrogen-bond acceptors (Lipinski definition) is 8. The monoisotopic (exact) mass is 492 g/mol. The maximum absolute atomic E-state index is 15.1. The zero-order valence-corrected chi connectivity index (χ0v) is 18.3. The van der Waals surface area contributed by atoms with Gasteiger partial charge in [-0.15, -0.1) is 0 Å². The molecule has 1 saturated heterocycles. The van der Waals surface area contributed by atoms with Crippen molar-refractivity contribution < 1.29 is 31.8 Å². The number of carbonyl (C=O) groups excluding carboxylic acids is 1. The van der Waals surface area contributed by atoms with E-state index in [-0.39, 0.29) is 41.7 Å². The second kappa shape index (κ2) is 9.10. The van der Waals surface area contributed by atoms with Crippen molar-refractivity contribution in [3.63, 3.8) is 0 Å². The summed E-state index contributed by atoms with van der Waals surface area (Å²) in [5.41, 5.74) is 2.98. The third-order valence-electron chi connectivity index (χ3n) is 6.27. The van der Waals surface area contributed by atoms with E-state index in [0.717, 1.165) is 18.5 Å². The van der Waals surface area contributed by atoms with Crippen molar-refractivity contribution in [2.24, 2.45) is 22.1 Å². The van der Waals surface area contributed by atoms with Gasteiger partial charge >= 0.3 is 0 Å². The summed E-state index contributed by atoms with van der Waals surface area (Å²) in [6.45, 7) is -0.0167. The number of aromatic nitrogens is 2. The van der Waals surface area contributed by atoms with E-state index >= 15 is 4.39 Å². The zero-order valence-electron chi connectivity index (χ0n) is 18.3. The minimum atomic E-state index is -2.90. The van der Waals surface area contributed by atoms with Gasteiger partial charge in [-0.1, -0.05) is 0 Å². The van der Waals surface area contributed by atoms with Gasteiger partial charge in [0.05, 0.1) is 25.1 Å². The van der Waals surface area contributed by atoms with Crippen LogP contribution in [-0.4, -0.2) is 47.7 Å². The predicted molar refractivity (Wildman–Crippen MR) is 114 cm³/mol. The number of aliphatic imine (C=N–C) groups is 1. The molecule has 0 unspecified atom stereocenters. The van der Waals surface area contributed by atoms with Crippen molar-refractivity contribution in [3.8, 4) is 11.9 Å². The van der Waals surface area contributed by atoms with Gasteiger partial charge in [0.2, 0.25) is 12.7 Å². The van der Waals surface area contributed by atoms with Gasteiger partial charge in [-0.25, -0.2) is 27.5 Å². The first-order chi connectivity index (χ1) is 16.6. The Labute approximate surface area is 197 Å². The number of benzene rings is 1. The summed E-state index contributed by atoms with van der Waals surface area (Å²) < 4.78 is 64.8. The molecule has 1 aromatic carbocycles. The minimum Gasteiger partial charge on any atom is -0.445 e. The number of nitrogens with two attached hydrogens (primary N) is 1. The average Bonchev–Trinajstić information content (AvgIpc) is 3.20. The number of nitrogens with zero attached hydrogens (tertiary/aromatic N) is 4. The number of nitriles is 1. The number of hydrogen-bond donors (Lipinski definition) is 2. The summed E-state index contributed by atoms with van der Waals surface area (Å²) >= 11 is 0. The van der Waals surface area contributed by atoms with Crippen molar-refractivity contribution in [3.05, 3.63) is 47.7 Å². The number of halogens is 4. The van der Waals surface area contributed by atoms with Crippen LogP contribution in [0.2, 0.25) is 0 Å². The first kappa shape index (κ1) is 24.3. The van der Waals surface area contributed by atoms with Crippen LogP contribution < -0.4 is 15.8 Å². The molecule has 35 heavy (non-hydrogen) atoms. The van der Waals surface area contributed by atoms with E-state index in [1.807, 2.05) is 6.07 Å². The molecule has 3 N–H and O–H groups in total. The fourth-order valence-electron chi connectivity index (χ4n) is 4.38. The number of nitrogens with one attached hydrogen (secondary N) is 1. The number of amidine groups is 1. The summed E-state index contributed by atoms with van der Waals surface area (Å²) in [6.07, 6.45) is -2.48. The number of amides is 1. The fraction of sp³-hybridized carbons (Fsp3) is 0.409. The van der Waals surface area contributed by atoms with Crippen LogP contribution in [0.1, 0.15) is 29.4 Å². The smallest absolute Gasteiger partial charge is 0.275 e. The molecule has 0 bridgehead atoms. The highest BCUT2D eigenvalue weighted by Gasteiger charge is 2.60. The van der Waals surface area contributed by atoms with E-state index in [4.69, 9.17) is 10.5 Å². The van der Waals surface area contributed by atoms with Crippen LogP contribution >= 0.6 is 0 Å². The maximum Gasteiger partial charge on any atom is 0.275 e. The molecule has 4 atom stereocenters. The highest BCUT2D eigenvalue weighted by atomic mass is 19.3. The lowest BCUT2D eigenvalue weighted by Gasteiger charge is -2.41. The number of rotatable bonds is 6. The molecule has 0 spiro atoms. The number of anilines is 1. The standard InChI is InChI=1S/C22H20F4N6O3/c1-21(8-27)5-13-17(18(25)26)34-9-22(13,32-20(21)28)12-4-11(2-3-14(12)24)31-19(33)15-6-30-16(7-29-15)35-10-23/h2-4,6-7,13,17-18H,5,9-10H2,1H3,(H2,28,32)(H,31,33)/t13-,17+,21-,22-/m1/s1. The second-order valence-corrected chi connectivity index (χ2v) is 8.43. The van der Waals surface area contributed by atoms with Gasteiger partial charge in [-0.3, -0.25) is 9.79 Å². The Morgan fingerprint density at radius 2 is 2.17 bits per heavy atom. The van der Waals surface area contributed by atoms with Crippen molar-refractivity contribution in [1.29, 1.82) is 5.26 Å². The van der Waals surface area contributed by atoms with Crippen molar-refractivity contribution in [1.82, 2.24) is 9.97 Å². The normalized spacial score (nSPS) is 27.6. The molecule has 0 aliphatic carbocycles. The lowest BCUT2D eigenvalue weighted by atomic mass is 9.66. The lowest BCUT2D eigenvalue weighted by molar-refractivity contribution is -0.0430. The molecule has 4 rings (SSSR count). The van der Waals surface area contributed by atoms with Crippen LogP contribution in [0.25, 0.3) is 0 Å². The largest absolute Gasteiger partial charge is 0.445 e. The Bertz CT molecular complexity index is 1200. The predicted octanol–water partition coefficient (Wildman–Crippen LogP) is 2.94. The Morgan fingerprint density at radius 1 is 1.40 bits per heavy atom. The van der Waals surface area contributed by atoms with E-state index < -0.39 is 48.0 Å². The average molecular weight is 492 g/mol. The second-order valence-electron chi connectivity index (χ2n) is 8.43. The van der Waals surface area contributed by atoms with Gasteiger partial charge in [-0.2, -0.15) is 5.26 Å². The molecule has 2 aliphatic rings. The molecular formula is C22H20F4N6O3. The van der Waals surface area contributed by atoms with Crippen molar-refractivity contribution >= 4 is 17.4 Å². The van der Waals surface area contributed by atoms with Gasteiger partial charge in [0.15, 0.2) is 0 Å². The van der Waals surface area contributed by atoms with Crippen LogP contribution in [0.5, 0.6) is 5.88 Å². The van der Waals surface area contributed by atoms with E-state index in [9.17, 15) is 23.2 Å². The molecular weight excluding hydrogens is 472 g/mol. The third-order valence-corrected chi connectivity index (χ3v) is 6.27. The van der Waals surface area contributed by atoms with Gasteiger partial charge < -0.3 is 20.5 Å². The Kier molecular flexibility index (Phi) is 6.33. The highest BCUT2D eigenvalue weighted by Crippen LogP contribution is 2.53. The minimum absolute atomic E-state index is 0.107. The SMILES string of the molecule is C[C@]1(C#N)C[C@@H]2[C@@H](C(F)F)OC[C@]2(c2cc(NC(=O)c3cnc(OCF)cn3)ccc2F)N=C1N. The van der Waals surface area contributed by atoms with Crippen LogP contribution in [0.3, 0.4) is 0 Å². The van der Waals surface area contributed by atoms with Gasteiger partial charge in [0, 0.05) is 17.2 Å².